The monoisotopic (exact) mass is 815 g/mol. The highest BCUT2D eigenvalue weighted by atomic mass is 16.4. The number of carboxylic acids is 2. The van der Waals surface area contributed by atoms with Crippen LogP contribution in [0.15, 0.2) is 4.99 Å². The maximum absolute atomic E-state index is 13.7. The number of aliphatic imine (C=N–C) groups is 1. The minimum Gasteiger partial charge on any atom is -0.481 e. The highest BCUT2D eigenvalue weighted by Crippen LogP contribution is 2.13. The van der Waals surface area contributed by atoms with Crippen molar-refractivity contribution < 1.29 is 58.5 Å². The fourth-order valence-corrected chi connectivity index (χ4v) is 5.12. The number of hydrogen-bond donors (Lipinski definition) is 13. The molecule has 0 heterocycles. The maximum atomic E-state index is 13.7. The molecule has 0 aromatic heterocycles. The van der Waals surface area contributed by atoms with Gasteiger partial charge in [0.2, 0.25) is 41.4 Å². The minimum absolute atomic E-state index is 0.0332. The first-order valence-electron chi connectivity index (χ1n) is 18.4. The van der Waals surface area contributed by atoms with Crippen LogP contribution in [0.25, 0.3) is 0 Å². The van der Waals surface area contributed by atoms with Gasteiger partial charge in [0, 0.05) is 13.0 Å². The van der Waals surface area contributed by atoms with E-state index in [1.807, 2.05) is 0 Å². The number of nitrogens with one attached hydrogen (secondary N) is 6. The van der Waals surface area contributed by atoms with Gasteiger partial charge >= 0.3 is 11.9 Å². The summed E-state index contributed by atoms with van der Waals surface area (Å²) in [6, 6.07) is -9.88. The van der Waals surface area contributed by atoms with Gasteiger partial charge in [-0.15, -0.1) is 0 Å². The summed E-state index contributed by atoms with van der Waals surface area (Å²) in [6.07, 6.45) is -0.956. The molecule has 0 rings (SSSR count). The number of aliphatic carboxylic acids is 2. The Balaban J connectivity index is 6.24. The van der Waals surface area contributed by atoms with Gasteiger partial charge < -0.3 is 70.2 Å². The Morgan fingerprint density at radius 2 is 1.07 bits per heavy atom. The predicted octanol–water partition coefficient (Wildman–Crippen LogP) is -4.55. The first-order valence-corrected chi connectivity index (χ1v) is 18.4. The molecule has 0 fully saturated rings. The maximum Gasteiger partial charge on any atom is 0.326 e. The van der Waals surface area contributed by atoms with Crippen LogP contribution >= 0.6 is 0 Å². The van der Waals surface area contributed by atoms with Crippen LogP contribution < -0.4 is 54.8 Å². The Kier molecular flexibility index (Phi) is 23.1. The van der Waals surface area contributed by atoms with E-state index in [1.54, 1.807) is 41.5 Å². The largest absolute Gasteiger partial charge is 0.481 e. The molecule has 0 aliphatic carbocycles. The van der Waals surface area contributed by atoms with E-state index in [1.165, 1.54) is 0 Å². The molecule has 17 N–H and O–H groups in total. The van der Waals surface area contributed by atoms with Crippen LogP contribution in [0.4, 0.5) is 0 Å². The Morgan fingerprint density at radius 1 is 0.614 bits per heavy atom. The van der Waals surface area contributed by atoms with Gasteiger partial charge in [0.1, 0.15) is 36.3 Å². The molecule has 0 aliphatic heterocycles. The molecule has 8 atom stereocenters. The highest BCUT2D eigenvalue weighted by molar-refractivity contribution is 5.97. The summed E-state index contributed by atoms with van der Waals surface area (Å²) in [4.78, 5) is 118. The SMILES string of the molecule is CC[C@H](C)[C@H](NC(=O)[C@@H](NC(=O)[C@@H](NC(=O)[C@H](CCCN=C(N)N)NC(=O)[C@H](CO)NC(=O)[C@@H](N)CC(=O)O)C(C)C)C(C)C)C(=O)N[C@@H](CCC(N)=O)C(=O)O. The molecule has 7 amide bonds. The van der Waals surface area contributed by atoms with E-state index in [4.69, 9.17) is 28.0 Å². The van der Waals surface area contributed by atoms with Crippen molar-refractivity contribution in [3.63, 3.8) is 0 Å². The van der Waals surface area contributed by atoms with Gasteiger partial charge in [-0.2, -0.15) is 0 Å². The van der Waals surface area contributed by atoms with Gasteiger partial charge in [-0.1, -0.05) is 48.0 Å². The summed E-state index contributed by atoms with van der Waals surface area (Å²) in [5.41, 5.74) is 21.4. The molecular formula is C34H61N11O12. The van der Waals surface area contributed by atoms with Crippen molar-refractivity contribution in [2.24, 2.45) is 45.7 Å². The van der Waals surface area contributed by atoms with Crippen LogP contribution in [0.2, 0.25) is 0 Å². The van der Waals surface area contributed by atoms with E-state index >= 15 is 0 Å². The normalized spacial score (nSPS) is 15.3. The number of amides is 7. The zero-order valence-corrected chi connectivity index (χ0v) is 33.2. The van der Waals surface area contributed by atoms with Crippen LogP contribution in [0, 0.1) is 17.8 Å². The zero-order valence-electron chi connectivity index (χ0n) is 33.2. The molecule has 0 saturated carbocycles. The lowest BCUT2D eigenvalue weighted by Crippen LogP contribution is -2.62. The number of carbonyl (C=O) groups is 9. The van der Waals surface area contributed by atoms with E-state index in [2.05, 4.69) is 36.9 Å². The number of rotatable bonds is 27. The average molecular weight is 816 g/mol. The van der Waals surface area contributed by atoms with Crippen LogP contribution in [0.5, 0.6) is 0 Å². The zero-order chi connectivity index (χ0) is 44.2. The predicted molar refractivity (Wildman–Crippen MR) is 204 cm³/mol. The number of primary amides is 1. The third-order valence-electron chi connectivity index (χ3n) is 8.71. The van der Waals surface area contributed by atoms with E-state index in [-0.39, 0.29) is 38.2 Å². The van der Waals surface area contributed by atoms with Gasteiger partial charge in [-0.25, -0.2) is 4.79 Å². The molecular weight excluding hydrogens is 754 g/mol. The molecule has 0 radical (unpaired) electrons. The van der Waals surface area contributed by atoms with Crippen LogP contribution in [-0.4, -0.2) is 130 Å². The number of nitrogens with two attached hydrogens (primary N) is 4. The molecule has 0 spiro atoms. The summed E-state index contributed by atoms with van der Waals surface area (Å²) in [6.45, 7) is 8.89. The molecule has 0 bridgehead atoms. The van der Waals surface area contributed by atoms with Crippen molar-refractivity contribution >= 4 is 59.2 Å². The molecule has 0 aliphatic rings. The van der Waals surface area contributed by atoms with E-state index in [0.29, 0.717) is 6.42 Å². The number of aliphatic hydroxyl groups excluding tert-OH is 1. The van der Waals surface area contributed by atoms with Crippen LogP contribution in [-0.2, 0) is 43.2 Å². The molecule has 23 nitrogen and oxygen atoms in total. The summed E-state index contributed by atoms with van der Waals surface area (Å²) in [5, 5.41) is 42.9. The summed E-state index contributed by atoms with van der Waals surface area (Å²) in [7, 11) is 0. The highest BCUT2D eigenvalue weighted by Gasteiger charge is 2.36. The second-order valence-electron chi connectivity index (χ2n) is 14.2. The summed E-state index contributed by atoms with van der Waals surface area (Å²) in [5.74, 6) is -10.9. The second kappa shape index (κ2) is 25.6. The molecule has 57 heavy (non-hydrogen) atoms. The molecule has 0 unspecified atom stereocenters. The Bertz CT molecular complexity index is 1450. The van der Waals surface area contributed by atoms with Crippen LogP contribution in [0.1, 0.15) is 80.1 Å². The van der Waals surface area contributed by atoms with Crippen molar-refractivity contribution in [2.45, 2.75) is 122 Å². The number of carbonyl (C=O) groups excluding carboxylic acids is 7. The topological polar surface area (TPSA) is 403 Å². The average Bonchev–Trinajstić information content (AvgIpc) is 3.11. The fraction of sp³-hybridized carbons (Fsp3) is 0.706. The third kappa shape index (κ3) is 19.2. The van der Waals surface area contributed by atoms with E-state index in [0.717, 1.165) is 0 Å². The van der Waals surface area contributed by atoms with Gasteiger partial charge in [0.15, 0.2) is 5.96 Å². The number of aliphatic hydroxyl groups is 1. The quantitative estimate of drug-likeness (QED) is 0.0211. The van der Waals surface area contributed by atoms with Gasteiger partial charge in [0.05, 0.1) is 19.1 Å². The van der Waals surface area contributed by atoms with Gasteiger partial charge in [-0.05, 0) is 37.0 Å². The molecule has 324 valence electrons. The standard InChI is InChI=1S/C34H61N11O12/c1-7-17(6)26(32(55)41-20(33(56)57)10-11-22(36)47)45-31(54)25(16(4)5)44-30(53)24(15(2)3)43-28(51)19(9-8-12-39-34(37)38)40-29(52)21(14-46)42-27(50)18(35)13-23(48)49/h15-21,24-26,46H,7-14,35H2,1-6H3,(H2,36,47)(H,40,52)(H,41,55)(H,42,50)(H,43,51)(H,44,53)(H,45,54)(H,48,49)(H,56,57)(H4,37,38,39)/t17-,18-,19-,20-,21-,24-,25-,26-/m0/s1. The number of carboxylic acid groups (broad SMARTS) is 2. The lowest BCUT2D eigenvalue weighted by molar-refractivity contribution is -0.143. The van der Waals surface area contributed by atoms with Gasteiger partial charge in [-0.3, -0.25) is 43.3 Å². The lowest BCUT2D eigenvalue weighted by atomic mass is 9.95. The number of hydrogen-bond acceptors (Lipinski definition) is 12. The van der Waals surface area contributed by atoms with E-state index < -0.39 is 126 Å². The van der Waals surface area contributed by atoms with Gasteiger partial charge in [0.25, 0.3) is 0 Å². The van der Waals surface area contributed by atoms with Crippen molar-refractivity contribution in [3.8, 4) is 0 Å². The first kappa shape index (κ1) is 51.4. The Hall–Kier alpha value is -5.58. The summed E-state index contributed by atoms with van der Waals surface area (Å²) >= 11 is 0. The lowest BCUT2D eigenvalue weighted by Gasteiger charge is -2.31. The Labute approximate surface area is 330 Å². The van der Waals surface area contributed by atoms with E-state index in [9.17, 15) is 53.4 Å². The third-order valence-corrected chi connectivity index (χ3v) is 8.71. The Morgan fingerprint density at radius 3 is 1.51 bits per heavy atom. The number of guanidine groups is 1. The van der Waals surface area contributed by atoms with Crippen molar-refractivity contribution in [1.82, 2.24) is 31.9 Å². The van der Waals surface area contributed by atoms with Crippen molar-refractivity contribution in [1.29, 1.82) is 0 Å². The molecule has 0 saturated heterocycles. The summed E-state index contributed by atoms with van der Waals surface area (Å²) < 4.78 is 0. The molecule has 23 heteroatoms. The second-order valence-corrected chi connectivity index (χ2v) is 14.2. The molecule has 0 aromatic rings. The minimum atomic E-state index is -1.65. The number of nitrogens with zero attached hydrogens (tertiary/aromatic N) is 1. The van der Waals surface area contributed by atoms with Crippen LogP contribution in [0.3, 0.4) is 0 Å². The van der Waals surface area contributed by atoms with Crippen molar-refractivity contribution in [2.75, 3.05) is 13.2 Å². The molecule has 0 aromatic carbocycles. The first-order chi connectivity index (χ1) is 26.5. The smallest absolute Gasteiger partial charge is 0.326 e. The fourth-order valence-electron chi connectivity index (χ4n) is 5.12. The van der Waals surface area contributed by atoms with Crippen molar-refractivity contribution in [3.05, 3.63) is 0 Å².